The van der Waals surface area contributed by atoms with E-state index in [1.54, 1.807) is 14.0 Å². The van der Waals surface area contributed by atoms with E-state index < -0.39 is 11.2 Å². The molecule has 0 aliphatic carbocycles. The number of carbonyl (C=O) groups is 1. The number of methoxy groups -OCH3 is 1. The Morgan fingerprint density at radius 2 is 2.20 bits per heavy atom. The third-order valence-corrected chi connectivity index (χ3v) is 3.10. The molecule has 0 spiro atoms. The minimum Gasteiger partial charge on any atom is -0.496 e. The summed E-state index contributed by atoms with van der Waals surface area (Å²) in [5, 5.41) is 8.34. The average molecular weight is 226 g/mol. The van der Waals surface area contributed by atoms with Gasteiger partial charge in [0, 0.05) is 0 Å². The zero-order valence-electron chi connectivity index (χ0n) is 8.98. The smallest absolute Gasteiger partial charge is 0.316 e. The van der Waals surface area contributed by atoms with E-state index in [1.165, 1.54) is 11.8 Å². The molecule has 0 fully saturated rings. The number of aliphatic carboxylic acids is 1. The zero-order chi connectivity index (χ0) is 11.4. The lowest BCUT2D eigenvalue weighted by atomic mass is 10.2. The maximum Gasteiger partial charge on any atom is 0.316 e. The van der Waals surface area contributed by atoms with E-state index in [9.17, 15) is 4.79 Å². The van der Waals surface area contributed by atoms with E-state index in [4.69, 9.17) is 9.84 Å². The van der Waals surface area contributed by atoms with Gasteiger partial charge >= 0.3 is 5.97 Å². The van der Waals surface area contributed by atoms with Crippen LogP contribution < -0.4 is 4.74 Å². The summed E-state index contributed by atoms with van der Waals surface area (Å²) in [7, 11) is 1.58. The molecule has 0 saturated carbocycles. The number of rotatable bonds is 4. The van der Waals surface area contributed by atoms with Crippen LogP contribution in [0.2, 0.25) is 0 Å². The summed E-state index contributed by atoms with van der Waals surface area (Å²) >= 11 is 1.29. The van der Waals surface area contributed by atoms with Crippen LogP contribution in [0.5, 0.6) is 5.75 Å². The molecule has 0 aliphatic heterocycles. The normalized spacial score (nSPS) is 12.2. The first-order valence-electron chi connectivity index (χ1n) is 4.58. The SMILES string of the molecule is COc1ccc(C)cc1SC(C)C(=O)O. The minimum absolute atomic E-state index is 0.472. The zero-order valence-corrected chi connectivity index (χ0v) is 9.80. The first-order valence-corrected chi connectivity index (χ1v) is 5.46. The van der Waals surface area contributed by atoms with Gasteiger partial charge in [-0.05, 0) is 31.5 Å². The molecule has 0 aromatic heterocycles. The van der Waals surface area contributed by atoms with E-state index in [-0.39, 0.29) is 0 Å². The number of carboxylic acids is 1. The van der Waals surface area contributed by atoms with Crippen molar-refractivity contribution in [3.05, 3.63) is 23.8 Å². The summed E-state index contributed by atoms with van der Waals surface area (Å²) in [6.07, 6.45) is 0. The maximum absolute atomic E-state index is 10.7. The number of carboxylic acid groups (broad SMARTS) is 1. The molecule has 15 heavy (non-hydrogen) atoms. The molecule has 1 atom stereocenters. The van der Waals surface area contributed by atoms with Crippen molar-refractivity contribution in [3.63, 3.8) is 0 Å². The van der Waals surface area contributed by atoms with Gasteiger partial charge in [-0.3, -0.25) is 4.79 Å². The number of hydrogen-bond acceptors (Lipinski definition) is 3. The quantitative estimate of drug-likeness (QED) is 0.801. The van der Waals surface area contributed by atoms with Gasteiger partial charge in [0.05, 0.1) is 12.0 Å². The van der Waals surface area contributed by atoms with Crippen molar-refractivity contribution in [1.29, 1.82) is 0 Å². The van der Waals surface area contributed by atoms with Gasteiger partial charge in [-0.1, -0.05) is 6.07 Å². The highest BCUT2D eigenvalue weighted by Crippen LogP contribution is 2.32. The second-order valence-corrected chi connectivity index (χ2v) is 4.64. The van der Waals surface area contributed by atoms with Gasteiger partial charge in [-0.15, -0.1) is 11.8 Å². The molecule has 3 nitrogen and oxygen atoms in total. The van der Waals surface area contributed by atoms with Gasteiger partial charge in [0.15, 0.2) is 0 Å². The molecular formula is C11H14O3S. The third kappa shape index (κ3) is 3.16. The van der Waals surface area contributed by atoms with E-state index in [2.05, 4.69) is 0 Å². The number of thioether (sulfide) groups is 1. The number of hydrogen-bond donors (Lipinski definition) is 1. The minimum atomic E-state index is -0.816. The van der Waals surface area contributed by atoms with Gasteiger partial charge in [-0.2, -0.15) is 0 Å². The fourth-order valence-corrected chi connectivity index (χ4v) is 2.12. The standard InChI is InChI=1S/C11H14O3S/c1-7-4-5-9(14-3)10(6-7)15-8(2)11(12)13/h4-6,8H,1-3H3,(H,12,13). The predicted octanol–water partition coefficient (Wildman–Crippen LogP) is 2.57. The molecular weight excluding hydrogens is 212 g/mol. The number of aryl methyl sites for hydroxylation is 1. The van der Waals surface area contributed by atoms with E-state index >= 15 is 0 Å². The van der Waals surface area contributed by atoms with Gasteiger partial charge in [0.2, 0.25) is 0 Å². The van der Waals surface area contributed by atoms with E-state index in [0.717, 1.165) is 16.2 Å². The van der Waals surface area contributed by atoms with Crippen molar-refractivity contribution >= 4 is 17.7 Å². The van der Waals surface area contributed by atoms with Gasteiger partial charge < -0.3 is 9.84 Å². The third-order valence-electron chi connectivity index (χ3n) is 1.97. The monoisotopic (exact) mass is 226 g/mol. The summed E-state index contributed by atoms with van der Waals surface area (Å²) in [5.74, 6) is -0.0951. The molecule has 0 bridgehead atoms. The molecule has 0 heterocycles. The lowest BCUT2D eigenvalue weighted by Gasteiger charge is -2.11. The van der Waals surface area contributed by atoms with Crippen molar-refractivity contribution < 1.29 is 14.6 Å². The van der Waals surface area contributed by atoms with Crippen LogP contribution in [0.25, 0.3) is 0 Å². The molecule has 0 saturated heterocycles. The molecule has 0 radical (unpaired) electrons. The predicted molar refractivity (Wildman–Crippen MR) is 60.7 cm³/mol. The molecule has 4 heteroatoms. The second kappa shape index (κ2) is 5.07. The highest BCUT2D eigenvalue weighted by molar-refractivity contribution is 8.00. The highest BCUT2D eigenvalue weighted by Gasteiger charge is 2.15. The number of ether oxygens (including phenoxy) is 1. The van der Waals surface area contributed by atoms with Crippen LogP contribution in [0.3, 0.4) is 0 Å². The summed E-state index contributed by atoms with van der Waals surface area (Å²) in [6, 6.07) is 5.73. The molecule has 82 valence electrons. The first kappa shape index (κ1) is 11.9. The highest BCUT2D eigenvalue weighted by atomic mass is 32.2. The van der Waals surface area contributed by atoms with Crippen molar-refractivity contribution in [2.24, 2.45) is 0 Å². The van der Waals surface area contributed by atoms with Crippen molar-refractivity contribution in [2.75, 3.05) is 7.11 Å². The van der Waals surface area contributed by atoms with Crippen molar-refractivity contribution in [2.45, 2.75) is 24.0 Å². The Labute approximate surface area is 93.4 Å². The molecule has 1 aromatic rings. The Hall–Kier alpha value is -1.16. The summed E-state index contributed by atoms with van der Waals surface area (Å²) < 4.78 is 5.17. The van der Waals surface area contributed by atoms with Crippen LogP contribution in [0.1, 0.15) is 12.5 Å². The molecule has 1 aromatic carbocycles. The molecule has 1 N–H and O–H groups in total. The Morgan fingerprint density at radius 3 is 2.73 bits per heavy atom. The van der Waals surface area contributed by atoms with E-state index in [1.807, 2.05) is 25.1 Å². The Kier molecular flexibility index (Phi) is 4.03. The molecule has 1 rings (SSSR count). The van der Waals surface area contributed by atoms with Crippen LogP contribution in [-0.4, -0.2) is 23.4 Å². The molecule has 0 aliphatic rings. The van der Waals surface area contributed by atoms with Gasteiger partial charge in [-0.25, -0.2) is 0 Å². The Bertz CT molecular complexity index is 363. The van der Waals surface area contributed by atoms with Gasteiger partial charge in [0.1, 0.15) is 11.0 Å². The Balaban J connectivity index is 2.91. The lowest BCUT2D eigenvalue weighted by Crippen LogP contribution is -2.11. The fraction of sp³-hybridized carbons (Fsp3) is 0.364. The van der Waals surface area contributed by atoms with Gasteiger partial charge in [0.25, 0.3) is 0 Å². The molecule has 1 unspecified atom stereocenters. The first-order chi connectivity index (χ1) is 7.04. The van der Waals surface area contributed by atoms with Crippen LogP contribution in [0.4, 0.5) is 0 Å². The largest absolute Gasteiger partial charge is 0.496 e. The van der Waals surface area contributed by atoms with Crippen LogP contribution in [0, 0.1) is 6.92 Å². The molecule has 0 amide bonds. The average Bonchev–Trinajstić information content (AvgIpc) is 2.18. The van der Waals surface area contributed by atoms with Crippen LogP contribution >= 0.6 is 11.8 Å². The lowest BCUT2D eigenvalue weighted by molar-refractivity contribution is -0.136. The summed E-state index contributed by atoms with van der Waals surface area (Å²) in [6.45, 7) is 3.63. The van der Waals surface area contributed by atoms with Crippen LogP contribution in [0.15, 0.2) is 23.1 Å². The second-order valence-electron chi connectivity index (χ2n) is 3.25. The maximum atomic E-state index is 10.7. The summed E-state index contributed by atoms with van der Waals surface area (Å²) in [4.78, 5) is 11.6. The Morgan fingerprint density at radius 1 is 1.53 bits per heavy atom. The number of benzene rings is 1. The van der Waals surface area contributed by atoms with Crippen LogP contribution in [-0.2, 0) is 4.79 Å². The van der Waals surface area contributed by atoms with Crippen molar-refractivity contribution in [3.8, 4) is 5.75 Å². The van der Waals surface area contributed by atoms with E-state index in [0.29, 0.717) is 0 Å². The summed E-state index contributed by atoms with van der Waals surface area (Å²) in [5.41, 5.74) is 1.09. The fourth-order valence-electron chi connectivity index (χ4n) is 1.12. The topological polar surface area (TPSA) is 46.5 Å². The van der Waals surface area contributed by atoms with Crippen molar-refractivity contribution in [1.82, 2.24) is 0 Å².